The molecule has 32 heavy (non-hydrogen) atoms. The normalized spacial score (nSPS) is 15.1. The molecule has 3 aromatic carbocycles. The van der Waals surface area contributed by atoms with Crippen LogP contribution in [-0.4, -0.2) is 43.5 Å². The SMILES string of the molecule is O=Cc1ccc(O)c(C(c2cccc(N3CCCS3(=O)=O)c2)c2cc(C=O)ccc2O)c1. The zero-order valence-electron chi connectivity index (χ0n) is 17.0. The van der Waals surface area contributed by atoms with Crippen molar-refractivity contribution in [3.05, 3.63) is 88.5 Å². The summed E-state index contributed by atoms with van der Waals surface area (Å²) in [4.78, 5) is 22.8. The van der Waals surface area contributed by atoms with E-state index in [1.54, 1.807) is 24.3 Å². The molecule has 0 radical (unpaired) electrons. The third-order valence-corrected chi connectivity index (χ3v) is 7.46. The van der Waals surface area contributed by atoms with Gasteiger partial charge in [-0.3, -0.25) is 13.9 Å². The first-order valence-electron chi connectivity index (χ1n) is 10.0. The zero-order chi connectivity index (χ0) is 22.9. The van der Waals surface area contributed by atoms with Gasteiger partial charge in [0.15, 0.2) is 0 Å². The summed E-state index contributed by atoms with van der Waals surface area (Å²) in [5.41, 5.74) is 2.39. The maximum Gasteiger partial charge on any atom is 0.235 e. The molecule has 4 rings (SSSR count). The molecule has 1 aliphatic rings. The second kappa shape index (κ2) is 8.47. The summed E-state index contributed by atoms with van der Waals surface area (Å²) in [6, 6.07) is 15.6. The van der Waals surface area contributed by atoms with E-state index in [1.807, 2.05) is 0 Å². The van der Waals surface area contributed by atoms with E-state index < -0.39 is 15.9 Å². The van der Waals surface area contributed by atoms with Gasteiger partial charge in [0.2, 0.25) is 10.0 Å². The number of nitrogens with zero attached hydrogens (tertiary/aromatic N) is 1. The summed E-state index contributed by atoms with van der Waals surface area (Å²) in [5.74, 6) is -0.892. The minimum atomic E-state index is -3.41. The van der Waals surface area contributed by atoms with E-state index in [-0.39, 0.29) is 17.3 Å². The van der Waals surface area contributed by atoms with Crippen LogP contribution in [0.2, 0.25) is 0 Å². The highest BCUT2D eigenvalue weighted by Gasteiger charge is 2.30. The molecule has 164 valence electrons. The van der Waals surface area contributed by atoms with Crippen molar-refractivity contribution in [3.8, 4) is 11.5 Å². The predicted octanol–water partition coefficient (Wildman–Crippen LogP) is 3.44. The molecular formula is C24H21NO6S. The molecule has 0 bridgehead atoms. The van der Waals surface area contributed by atoms with Gasteiger partial charge < -0.3 is 10.2 Å². The Morgan fingerprint density at radius 2 is 1.44 bits per heavy atom. The summed E-state index contributed by atoms with van der Waals surface area (Å²) in [6.45, 7) is 0.369. The largest absolute Gasteiger partial charge is 0.508 e. The molecule has 8 heteroatoms. The lowest BCUT2D eigenvalue weighted by molar-refractivity contribution is 0.111. The van der Waals surface area contributed by atoms with Crippen LogP contribution in [0.3, 0.4) is 0 Å². The summed E-state index contributed by atoms with van der Waals surface area (Å²) in [6.07, 6.45) is 1.82. The van der Waals surface area contributed by atoms with Gasteiger partial charge >= 0.3 is 0 Å². The quantitative estimate of drug-likeness (QED) is 0.439. The van der Waals surface area contributed by atoms with E-state index in [0.29, 0.717) is 59.0 Å². The van der Waals surface area contributed by atoms with Gasteiger partial charge in [0, 0.05) is 34.7 Å². The lowest BCUT2D eigenvalue weighted by atomic mass is 9.83. The average molecular weight is 452 g/mol. The number of hydrogen-bond acceptors (Lipinski definition) is 6. The highest BCUT2D eigenvalue weighted by Crippen LogP contribution is 2.42. The Balaban J connectivity index is 1.95. The van der Waals surface area contributed by atoms with Crippen molar-refractivity contribution in [2.75, 3.05) is 16.6 Å². The molecule has 2 N–H and O–H groups in total. The van der Waals surface area contributed by atoms with Crippen molar-refractivity contribution in [3.63, 3.8) is 0 Å². The van der Waals surface area contributed by atoms with Gasteiger partial charge in [-0.2, -0.15) is 0 Å². The topological polar surface area (TPSA) is 112 Å². The van der Waals surface area contributed by atoms with Crippen LogP contribution >= 0.6 is 0 Å². The number of sulfonamides is 1. The van der Waals surface area contributed by atoms with Crippen molar-refractivity contribution in [1.29, 1.82) is 0 Å². The standard InChI is InChI=1S/C24H21NO6S/c26-14-16-5-7-22(28)20(11-16)24(21-12-17(15-27)6-8-23(21)29)18-3-1-4-19(13-18)25-9-2-10-32(25,30)31/h1,3-8,11-15,24,28-29H,2,9-10H2. The summed E-state index contributed by atoms with van der Waals surface area (Å²) in [5, 5.41) is 21.3. The number of benzene rings is 3. The Morgan fingerprint density at radius 3 is 1.94 bits per heavy atom. The molecule has 3 aromatic rings. The molecule has 0 spiro atoms. The van der Waals surface area contributed by atoms with Crippen molar-refractivity contribution in [1.82, 2.24) is 0 Å². The Hall–Kier alpha value is -3.65. The van der Waals surface area contributed by atoms with Crippen molar-refractivity contribution >= 4 is 28.3 Å². The van der Waals surface area contributed by atoms with Gasteiger partial charge in [-0.15, -0.1) is 0 Å². The predicted molar refractivity (Wildman–Crippen MR) is 120 cm³/mol. The number of hydrogen-bond donors (Lipinski definition) is 2. The number of rotatable bonds is 6. The van der Waals surface area contributed by atoms with Crippen LogP contribution in [0, 0.1) is 0 Å². The second-order valence-electron chi connectivity index (χ2n) is 7.64. The smallest absolute Gasteiger partial charge is 0.235 e. The third-order valence-electron chi connectivity index (χ3n) is 5.59. The third kappa shape index (κ3) is 3.97. The molecule has 0 unspecified atom stereocenters. The zero-order valence-corrected chi connectivity index (χ0v) is 17.8. The Morgan fingerprint density at radius 1 is 0.844 bits per heavy atom. The number of anilines is 1. The number of phenolic OH excluding ortho intramolecular Hbond substituents is 2. The second-order valence-corrected chi connectivity index (χ2v) is 9.65. The molecule has 0 aliphatic carbocycles. The van der Waals surface area contributed by atoms with E-state index in [2.05, 4.69) is 0 Å². The van der Waals surface area contributed by atoms with Crippen LogP contribution in [0.15, 0.2) is 60.7 Å². The number of phenols is 2. The van der Waals surface area contributed by atoms with Crippen molar-refractivity contribution in [2.45, 2.75) is 12.3 Å². The molecule has 1 aliphatic heterocycles. The number of carbonyl (C=O) groups is 2. The van der Waals surface area contributed by atoms with Crippen LogP contribution in [0.25, 0.3) is 0 Å². The lowest BCUT2D eigenvalue weighted by Crippen LogP contribution is -2.25. The molecule has 0 amide bonds. The van der Waals surface area contributed by atoms with Gasteiger partial charge in [-0.25, -0.2) is 8.42 Å². The summed E-state index contributed by atoms with van der Waals surface area (Å²) < 4.78 is 26.2. The first-order valence-corrected chi connectivity index (χ1v) is 11.6. The van der Waals surface area contributed by atoms with Crippen LogP contribution < -0.4 is 4.31 Å². The molecule has 0 aromatic heterocycles. The van der Waals surface area contributed by atoms with Crippen LogP contribution in [0.4, 0.5) is 5.69 Å². The Bertz CT molecular complexity index is 1240. The molecular weight excluding hydrogens is 430 g/mol. The monoisotopic (exact) mass is 451 g/mol. The fourth-order valence-corrected chi connectivity index (χ4v) is 5.63. The van der Waals surface area contributed by atoms with Gasteiger partial charge in [-0.1, -0.05) is 12.1 Å². The Labute approximate surface area is 185 Å². The van der Waals surface area contributed by atoms with Gasteiger partial charge in [0.25, 0.3) is 0 Å². The van der Waals surface area contributed by atoms with Gasteiger partial charge in [0.1, 0.15) is 24.1 Å². The van der Waals surface area contributed by atoms with Crippen LogP contribution in [0.1, 0.15) is 49.7 Å². The minimum absolute atomic E-state index is 0.0744. The van der Waals surface area contributed by atoms with E-state index in [0.717, 1.165) is 0 Å². The number of aldehydes is 2. The fraction of sp³-hybridized carbons (Fsp3) is 0.167. The molecule has 7 nitrogen and oxygen atoms in total. The lowest BCUT2D eigenvalue weighted by Gasteiger charge is -2.24. The number of aromatic hydroxyl groups is 2. The van der Waals surface area contributed by atoms with Crippen LogP contribution in [0.5, 0.6) is 11.5 Å². The molecule has 1 fully saturated rings. The first kappa shape index (κ1) is 21.6. The van der Waals surface area contributed by atoms with Gasteiger partial charge in [0.05, 0.1) is 11.4 Å². The molecule has 0 atom stereocenters. The summed E-state index contributed by atoms with van der Waals surface area (Å²) >= 11 is 0. The maximum atomic E-state index is 12.4. The van der Waals surface area contributed by atoms with Crippen LogP contribution in [-0.2, 0) is 10.0 Å². The van der Waals surface area contributed by atoms with E-state index in [9.17, 15) is 28.2 Å². The molecule has 1 saturated heterocycles. The first-order chi connectivity index (χ1) is 15.3. The maximum absolute atomic E-state index is 12.4. The highest BCUT2D eigenvalue weighted by molar-refractivity contribution is 7.93. The van der Waals surface area contributed by atoms with E-state index in [4.69, 9.17) is 0 Å². The van der Waals surface area contributed by atoms with Crippen molar-refractivity contribution < 1.29 is 28.2 Å². The Kier molecular flexibility index (Phi) is 5.71. The average Bonchev–Trinajstić information content (AvgIpc) is 3.15. The minimum Gasteiger partial charge on any atom is -0.508 e. The fourth-order valence-electron chi connectivity index (χ4n) is 4.07. The highest BCUT2D eigenvalue weighted by atomic mass is 32.2. The number of carbonyl (C=O) groups excluding carboxylic acids is 2. The van der Waals surface area contributed by atoms with Crippen molar-refractivity contribution in [2.24, 2.45) is 0 Å². The van der Waals surface area contributed by atoms with Gasteiger partial charge in [-0.05, 0) is 60.5 Å². The van der Waals surface area contributed by atoms with E-state index in [1.165, 1.54) is 40.7 Å². The summed E-state index contributed by atoms with van der Waals surface area (Å²) in [7, 11) is -3.41. The van der Waals surface area contributed by atoms with E-state index >= 15 is 0 Å². The molecule has 0 saturated carbocycles. The molecule has 1 heterocycles.